The molecule has 0 fully saturated rings. The van der Waals surface area contributed by atoms with Gasteiger partial charge in [0.25, 0.3) is 0 Å². The molecule has 62 valence electrons. The standard InChI is InChI=1S/C10H16O/c1-3-5-6-7-8-10(4-2)9-11/h4-6,8,11H,2-3,7,9H2,1H3/b6-5-,10-8+. The number of hydrogen-bond donors (Lipinski definition) is 1. The molecule has 0 spiro atoms. The Balaban J connectivity index is 3.69. The smallest absolute Gasteiger partial charge is 0.0678 e. The molecule has 0 unspecified atom stereocenters. The van der Waals surface area contributed by atoms with Gasteiger partial charge in [-0.15, -0.1) is 0 Å². The highest BCUT2D eigenvalue weighted by molar-refractivity contribution is 5.17. The van der Waals surface area contributed by atoms with Crippen molar-refractivity contribution < 1.29 is 5.11 Å². The molecule has 0 amide bonds. The van der Waals surface area contributed by atoms with Gasteiger partial charge in [0.05, 0.1) is 6.61 Å². The lowest BCUT2D eigenvalue weighted by molar-refractivity contribution is 0.334. The average molecular weight is 152 g/mol. The molecular weight excluding hydrogens is 136 g/mol. The molecule has 0 heterocycles. The third-order valence-corrected chi connectivity index (χ3v) is 1.36. The Morgan fingerprint density at radius 1 is 1.45 bits per heavy atom. The van der Waals surface area contributed by atoms with E-state index in [0.717, 1.165) is 18.4 Å². The Morgan fingerprint density at radius 3 is 2.64 bits per heavy atom. The van der Waals surface area contributed by atoms with Gasteiger partial charge in [0.2, 0.25) is 0 Å². The molecule has 1 nitrogen and oxygen atoms in total. The summed E-state index contributed by atoms with van der Waals surface area (Å²) < 4.78 is 0. The van der Waals surface area contributed by atoms with Gasteiger partial charge in [-0.25, -0.2) is 0 Å². The number of hydrogen-bond acceptors (Lipinski definition) is 1. The highest BCUT2D eigenvalue weighted by Gasteiger charge is 1.83. The summed E-state index contributed by atoms with van der Waals surface area (Å²) in [6.45, 7) is 5.76. The molecule has 0 bridgehead atoms. The zero-order valence-electron chi connectivity index (χ0n) is 7.09. The van der Waals surface area contributed by atoms with Gasteiger partial charge in [-0.05, 0) is 18.4 Å². The van der Waals surface area contributed by atoms with Crippen LogP contribution in [0.3, 0.4) is 0 Å². The first-order valence-corrected chi connectivity index (χ1v) is 3.92. The highest BCUT2D eigenvalue weighted by atomic mass is 16.3. The predicted octanol–water partition coefficient (Wildman–Crippen LogP) is 2.45. The summed E-state index contributed by atoms with van der Waals surface area (Å²) in [5, 5.41) is 8.72. The predicted molar refractivity (Wildman–Crippen MR) is 49.4 cm³/mol. The molecule has 0 atom stereocenters. The summed E-state index contributed by atoms with van der Waals surface area (Å²) in [4.78, 5) is 0. The van der Waals surface area contributed by atoms with Gasteiger partial charge in [-0.3, -0.25) is 0 Å². The molecule has 0 aromatic carbocycles. The van der Waals surface area contributed by atoms with E-state index < -0.39 is 0 Å². The van der Waals surface area contributed by atoms with Crippen LogP contribution >= 0.6 is 0 Å². The number of aliphatic hydroxyl groups excluding tert-OH is 1. The fraction of sp³-hybridized carbons (Fsp3) is 0.400. The van der Waals surface area contributed by atoms with Crippen LogP contribution in [-0.2, 0) is 0 Å². The van der Waals surface area contributed by atoms with E-state index in [1.165, 1.54) is 0 Å². The van der Waals surface area contributed by atoms with E-state index in [1.807, 2.05) is 6.08 Å². The fourth-order valence-corrected chi connectivity index (χ4v) is 0.695. The van der Waals surface area contributed by atoms with Gasteiger partial charge < -0.3 is 5.11 Å². The minimum Gasteiger partial charge on any atom is -0.392 e. The second-order valence-corrected chi connectivity index (χ2v) is 2.26. The molecule has 0 radical (unpaired) electrons. The summed E-state index contributed by atoms with van der Waals surface area (Å²) >= 11 is 0. The zero-order chi connectivity index (χ0) is 8.53. The largest absolute Gasteiger partial charge is 0.392 e. The molecule has 0 saturated carbocycles. The molecule has 0 aromatic rings. The van der Waals surface area contributed by atoms with Gasteiger partial charge in [0, 0.05) is 0 Å². The van der Waals surface area contributed by atoms with Crippen LogP contribution in [0, 0.1) is 0 Å². The Labute approximate surface area is 68.7 Å². The maximum atomic E-state index is 8.72. The highest BCUT2D eigenvalue weighted by Crippen LogP contribution is 1.97. The molecule has 0 aliphatic rings. The van der Waals surface area contributed by atoms with Crippen molar-refractivity contribution in [1.82, 2.24) is 0 Å². The van der Waals surface area contributed by atoms with E-state index in [9.17, 15) is 0 Å². The first-order chi connectivity index (χ1) is 5.35. The lowest BCUT2D eigenvalue weighted by Crippen LogP contribution is -1.83. The molecule has 0 aliphatic carbocycles. The average Bonchev–Trinajstić information content (AvgIpc) is 2.05. The maximum absolute atomic E-state index is 8.72. The van der Waals surface area contributed by atoms with Gasteiger partial charge in [0.15, 0.2) is 0 Å². The Morgan fingerprint density at radius 2 is 2.18 bits per heavy atom. The van der Waals surface area contributed by atoms with Crippen LogP contribution in [0.2, 0.25) is 0 Å². The molecule has 1 N–H and O–H groups in total. The summed E-state index contributed by atoms with van der Waals surface area (Å²) in [5.74, 6) is 0. The second kappa shape index (κ2) is 7.29. The second-order valence-electron chi connectivity index (χ2n) is 2.26. The van der Waals surface area contributed by atoms with E-state index in [0.29, 0.717) is 0 Å². The van der Waals surface area contributed by atoms with Crippen molar-refractivity contribution in [2.24, 2.45) is 0 Å². The van der Waals surface area contributed by atoms with Crippen molar-refractivity contribution in [3.63, 3.8) is 0 Å². The summed E-state index contributed by atoms with van der Waals surface area (Å²) in [7, 11) is 0. The van der Waals surface area contributed by atoms with Crippen LogP contribution in [0.4, 0.5) is 0 Å². The SMILES string of the molecule is C=C/C(=C\C/C=C\CC)CO. The van der Waals surface area contributed by atoms with Crippen LogP contribution in [0.15, 0.2) is 36.5 Å². The van der Waals surface area contributed by atoms with E-state index >= 15 is 0 Å². The monoisotopic (exact) mass is 152 g/mol. The number of aliphatic hydroxyl groups is 1. The summed E-state index contributed by atoms with van der Waals surface area (Å²) in [5.41, 5.74) is 0.894. The van der Waals surface area contributed by atoms with Gasteiger partial charge >= 0.3 is 0 Å². The van der Waals surface area contributed by atoms with Crippen molar-refractivity contribution in [3.8, 4) is 0 Å². The van der Waals surface area contributed by atoms with Crippen LogP contribution in [0.5, 0.6) is 0 Å². The van der Waals surface area contributed by atoms with Crippen LogP contribution in [0.1, 0.15) is 19.8 Å². The molecule has 1 heteroatoms. The van der Waals surface area contributed by atoms with Gasteiger partial charge in [-0.1, -0.05) is 37.8 Å². The normalized spacial score (nSPS) is 12.4. The van der Waals surface area contributed by atoms with E-state index in [-0.39, 0.29) is 6.61 Å². The van der Waals surface area contributed by atoms with Gasteiger partial charge in [-0.2, -0.15) is 0 Å². The first-order valence-electron chi connectivity index (χ1n) is 3.92. The van der Waals surface area contributed by atoms with Crippen LogP contribution in [-0.4, -0.2) is 11.7 Å². The molecule has 0 saturated heterocycles. The van der Waals surface area contributed by atoms with Crippen LogP contribution in [0.25, 0.3) is 0 Å². The van der Waals surface area contributed by atoms with Crippen molar-refractivity contribution in [2.75, 3.05) is 6.61 Å². The lowest BCUT2D eigenvalue weighted by atomic mass is 10.2. The summed E-state index contributed by atoms with van der Waals surface area (Å²) in [6, 6.07) is 0. The van der Waals surface area contributed by atoms with Crippen molar-refractivity contribution in [2.45, 2.75) is 19.8 Å². The summed E-state index contributed by atoms with van der Waals surface area (Å²) in [6.07, 6.45) is 9.79. The number of allylic oxidation sites excluding steroid dienone is 3. The van der Waals surface area contributed by atoms with E-state index in [1.54, 1.807) is 6.08 Å². The minimum atomic E-state index is 0.0868. The zero-order valence-corrected chi connectivity index (χ0v) is 7.09. The minimum absolute atomic E-state index is 0.0868. The fourth-order valence-electron chi connectivity index (χ4n) is 0.695. The first kappa shape index (κ1) is 10.2. The molecule has 0 aromatic heterocycles. The van der Waals surface area contributed by atoms with E-state index in [2.05, 4.69) is 25.7 Å². The van der Waals surface area contributed by atoms with E-state index in [4.69, 9.17) is 5.11 Å². The Kier molecular flexibility index (Phi) is 6.75. The number of rotatable bonds is 5. The van der Waals surface area contributed by atoms with Gasteiger partial charge in [0.1, 0.15) is 0 Å². The molecular formula is C10H16O. The third-order valence-electron chi connectivity index (χ3n) is 1.36. The quantitative estimate of drug-likeness (QED) is 0.474. The lowest BCUT2D eigenvalue weighted by Gasteiger charge is -1.92. The molecule has 0 rings (SSSR count). The van der Waals surface area contributed by atoms with Crippen molar-refractivity contribution >= 4 is 0 Å². The third kappa shape index (κ3) is 5.62. The van der Waals surface area contributed by atoms with Crippen molar-refractivity contribution in [3.05, 3.63) is 36.5 Å². The van der Waals surface area contributed by atoms with Crippen LogP contribution < -0.4 is 0 Å². The Bertz CT molecular complexity index is 154. The Hall–Kier alpha value is -0.820. The molecule has 0 aliphatic heterocycles. The topological polar surface area (TPSA) is 20.2 Å². The van der Waals surface area contributed by atoms with Crippen molar-refractivity contribution in [1.29, 1.82) is 0 Å². The maximum Gasteiger partial charge on any atom is 0.0678 e. The molecule has 11 heavy (non-hydrogen) atoms.